The third-order valence-corrected chi connectivity index (χ3v) is 2.95. The summed E-state index contributed by atoms with van der Waals surface area (Å²) >= 11 is 0. The number of ether oxygens (including phenoxy) is 1. The van der Waals surface area contributed by atoms with Crippen molar-refractivity contribution in [2.45, 2.75) is 18.9 Å². The highest BCUT2D eigenvalue weighted by molar-refractivity contribution is 5.93. The molecule has 1 aliphatic rings. The molecule has 1 atom stereocenters. The van der Waals surface area contributed by atoms with E-state index in [0.29, 0.717) is 17.1 Å². The van der Waals surface area contributed by atoms with E-state index < -0.39 is 5.91 Å². The van der Waals surface area contributed by atoms with Crippen LogP contribution >= 0.6 is 0 Å². The zero-order valence-electron chi connectivity index (χ0n) is 9.46. The molecular formula is C11H11N5O2. The summed E-state index contributed by atoms with van der Waals surface area (Å²) in [5, 5.41) is 13.7. The van der Waals surface area contributed by atoms with Crippen LogP contribution in [0.3, 0.4) is 0 Å². The van der Waals surface area contributed by atoms with Gasteiger partial charge in [0.2, 0.25) is 11.7 Å². The molecule has 1 aromatic heterocycles. The summed E-state index contributed by atoms with van der Waals surface area (Å²) < 4.78 is 5.77. The number of hydrogen-bond acceptors (Lipinski definition) is 5. The average molecular weight is 245 g/mol. The number of H-pyrrole nitrogens is 1. The average Bonchev–Trinajstić information content (AvgIpc) is 2.91. The molecule has 7 nitrogen and oxygen atoms in total. The minimum absolute atomic E-state index is 0.237. The van der Waals surface area contributed by atoms with Gasteiger partial charge in [0.05, 0.1) is 0 Å². The predicted molar refractivity (Wildman–Crippen MR) is 60.8 cm³/mol. The van der Waals surface area contributed by atoms with Crippen molar-refractivity contribution in [1.82, 2.24) is 20.6 Å². The maximum Gasteiger partial charge on any atom is 0.248 e. The predicted octanol–water partition coefficient (Wildman–Crippen LogP) is 0.365. The van der Waals surface area contributed by atoms with E-state index in [1.165, 1.54) is 0 Å². The second-order valence-electron chi connectivity index (χ2n) is 4.10. The molecule has 18 heavy (non-hydrogen) atoms. The second-order valence-corrected chi connectivity index (χ2v) is 4.10. The molecule has 0 bridgehead atoms. The van der Waals surface area contributed by atoms with Crippen LogP contribution in [0.4, 0.5) is 0 Å². The molecule has 3 N–H and O–H groups in total. The van der Waals surface area contributed by atoms with Crippen molar-refractivity contribution in [3.05, 3.63) is 35.2 Å². The topological polar surface area (TPSA) is 107 Å². The second kappa shape index (κ2) is 4.10. The Kier molecular flexibility index (Phi) is 2.44. The molecule has 3 rings (SSSR count). The summed E-state index contributed by atoms with van der Waals surface area (Å²) in [6, 6.07) is 5.23. The van der Waals surface area contributed by atoms with Crippen molar-refractivity contribution in [1.29, 1.82) is 0 Å². The number of nitrogens with one attached hydrogen (secondary N) is 1. The van der Waals surface area contributed by atoms with Crippen LogP contribution in [0.15, 0.2) is 18.2 Å². The Balaban J connectivity index is 1.91. The Hall–Kier alpha value is -2.44. The van der Waals surface area contributed by atoms with Crippen LogP contribution in [0, 0.1) is 0 Å². The summed E-state index contributed by atoms with van der Waals surface area (Å²) in [7, 11) is 0. The first-order valence-corrected chi connectivity index (χ1v) is 5.57. The van der Waals surface area contributed by atoms with Crippen molar-refractivity contribution in [3.63, 3.8) is 0 Å². The van der Waals surface area contributed by atoms with E-state index in [9.17, 15) is 4.79 Å². The largest absolute Gasteiger partial charge is 0.482 e. The number of aryl methyl sites for hydroxylation is 1. The van der Waals surface area contributed by atoms with Gasteiger partial charge in [-0.05, 0) is 30.5 Å². The molecule has 7 heteroatoms. The van der Waals surface area contributed by atoms with E-state index in [-0.39, 0.29) is 6.10 Å². The Morgan fingerprint density at radius 2 is 2.39 bits per heavy atom. The van der Waals surface area contributed by atoms with E-state index in [4.69, 9.17) is 10.5 Å². The molecule has 0 fully saturated rings. The summed E-state index contributed by atoms with van der Waals surface area (Å²) in [6.45, 7) is 0. The number of tetrazole rings is 1. The fourth-order valence-corrected chi connectivity index (χ4v) is 2.01. The minimum atomic E-state index is -0.469. The summed E-state index contributed by atoms with van der Waals surface area (Å²) in [4.78, 5) is 11.1. The van der Waals surface area contributed by atoms with Gasteiger partial charge in [0.1, 0.15) is 5.75 Å². The van der Waals surface area contributed by atoms with Gasteiger partial charge in [-0.15, -0.1) is 10.2 Å². The zero-order valence-corrected chi connectivity index (χ0v) is 9.46. The first kappa shape index (κ1) is 10.7. The lowest BCUT2D eigenvalue weighted by Gasteiger charge is -2.24. The van der Waals surface area contributed by atoms with Crippen LogP contribution in [0.25, 0.3) is 0 Å². The molecule has 0 radical (unpaired) electrons. The highest BCUT2D eigenvalue weighted by atomic mass is 16.5. The van der Waals surface area contributed by atoms with E-state index in [1.807, 2.05) is 6.07 Å². The Morgan fingerprint density at radius 3 is 3.11 bits per heavy atom. The first-order chi connectivity index (χ1) is 8.74. The number of carbonyl (C=O) groups excluding carboxylic acids is 1. The Bertz CT molecular complexity index is 581. The van der Waals surface area contributed by atoms with E-state index in [0.717, 1.165) is 18.4 Å². The third kappa shape index (κ3) is 1.79. The van der Waals surface area contributed by atoms with Crippen LogP contribution in [0.5, 0.6) is 5.75 Å². The van der Waals surface area contributed by atoms with Crippen LogP contribution in [0.1, 0.15) is 34.3 Å². The lowest BCUT2D eigenvalue weighted by Crippen LogP contribution is -2.18. The molecule has 2 heterocycles. The number of carbonyl (C=O) groups is 1. The molecule has 0 spiro atoms. The molecule has 0 saturated heterocycles. The lowest BCUT2D eigenvalue weighted by atomic mass is 10.00. The number of nitrogens with two attached hydrogens (primary N) is 1. The van der Waals surface area contributed by atoms with Crippen molar-refractivity contribution in [2.75, 3.05) is 0 Å². The van der Waals surface area contributed by atoms with Crippen LogP contribution in [-0.2, 0) is 6.42 Å². The number of primary amides is 1. The van der Waals surface area contributed by atoms with Crippen molar-refractivity contribution in [3.8, 4) is 5.75 Å². The zero-order chi connectivity index (χ0) is 12.5. The number of aromatic nitrogens is 4. The highest BCUT2D eigenvalue weighted by Crippen LogP contribution is 2.33. The normalized spacial score (nSPS) is 17.9. The van der Waals surface area contributed by atoms with Crippen molar-refractivity contribution < 1.29 is 9.53 Å². The SMILES string of the molecule is NC(=O)c1ccc2c(c1)OC(c1nn[nH]n1)CC2. The van der Waals surface area contributed by atoms with Crippen molar-refractivity contribution >= 4 is 5.91 Å². The van der Waals surface area contributed by atoms with Crippen LogP contribution in [-0.4, -0.2) is 26.5 Å². The quantitative estimate of drug-likeness (QED) is 0.794. The van der Waals surface area contributed by atoms with Crippen LogP contribution < -0.4 is 10.5 Å². The highest BCUT2D eigenvalue weighted by Gasteiger charge is 2.25. The number of rotatable bonds is 2. The Labute approximate surface area is 102 Å². The maximum atomic E-state index is 11.1. The van der Waals surface area contributed by atoms with Gasteiger partial charge in [-0.25, -0.2) is 0 Å². The van der Waals surface area contributed by atoms with E-state index >= 15 is 0 Å². The van der Waals surface area contributed by atoms with Crippen LogP contribution in [0.2, 0.25) is 0 Å². The molecule has 92 valence electrons. The van der Waals surface area contributed by atoms with Gasteiger partial charge in [-0.1, -0.05) is 11.3 Å². The molecule has 0 saturated carbocycles. The first-order valence-electron chi connectivity index (χ1n) is 5.57. The van der Waals surface area contributed by atoms with Gasteiger partial charge in [0.15, 0.2) is 6.10 Å². The smallest absolute Gasteiger partial charge is 0.248 e. The fraction of sp³-hybridized carbons (Fsp3) is 0.273. The van der Waals surface area contributed by atoms with Gasteiger partial charge in [-0.2, -0.15) is 5.21 Å². The molecule has 1 unspecified atom stereocenters. The van der Waals surface area contributed by atoms with Crippen molar-refractivity contribution in [2.24, 2.45) is 5.73 Å². The standard InChI is InChI=1S/C11H11N5O2/c12-10(17)7-2-1-6-3-4-8(18-9(6)5-7)11-13-15-16-14-11/h1-2,5,8H,3-4H2,(H2,12,17)(H,13,14,15,16). The molecule has 1 aliphatic heterocycles. The van der Waals surface area contributed by atoms with Gasteiger partial charge < -0.3 is 10.5 Å². The summed E-state index contributed by atoms with van der Waals surface area (Å²) in [6.07, 6.45) is 1.38. The Morgan fingerprint density at radius 1 is 1.50 bits per heavy atom. The number of aromatic amines is 1. The number of hydrogen-bond donors (Lipinski definition) is 2. The molecule has 1 amide bonds. The molecule has 1 aromatic carbocycles. The van der Waals surface area contributed by atoms with Gasteiger partial charge in [0, 0.05) is 5.56 Å². The summed E-state index contributed by atoms with van der Waals surface area (Å²) in [5.41, 5.74) is 6.73. The maximum absolute atomic E-state index is 11.1. The molecule has 2 aromatic rings. The molecular weight excluding hydrogens is 234 g/mol. The van der Waals surface area contributed by atoms with E-state index in [1.54, 1.807) is 12.1 Å². The number of nitrogens with zero attached hydrogens (tertiary/aromatic N) is 3. The summed E-state index contributed by atoms with van der Waals surface area (Å²) in [5.74, 6) is 0.709. The molecule has 0 aliphatic carbocycles. The number of amides is 1. The van der Waals surface area contributed by atoms with Gasteiger partial charge in [-0.3, -0.25) is 4.79 Å². The number of fused-ring (bicyclic) bond motifs is 1. The lowest BCUT2D eigenvalue weighted by molar-refractivity contribution is 0.0998. The number of benzene rings is 1. The van der Waals surface area contributed by atoms with E-state index in [2.05, 4.69) is 20.6 Å². The monoisotopic (exact) mass is 245 g/mol. The third-order valence-electron chi connectivity index (χ3n) is 2.95. The van der Waals surface area contributed by atoms with Gasteiger partial charge >= 0.3 is 0 Å². The van der Waals surface area contributed by atoms with Gasteiger partial charge in [0.25, 0.3) is 0 Å². The minimum Gasteiger partial charge on any atom is -0.482 e. The fourth-order valence-electron chi connectivity index (χ4n) is 2.01.